The molecule has 15 heavy (non-hydrogen) atoms. The lowest BCUT2D eigenvalue weighted by atomic mass is 10.4. The molecule has 8 nitrogen and oxygen atoms in total. The van der Waals surface area contributed by atoms with Crippen LogP contribution in [0.25, 0.3) is 0 Å². The van der Waals surface area contributed by atoms with Crippen molar-refractivity contribution in [1.82, 2.24) is 30.0 Å². The van der Waals surface area contributed by atoms with Gasteiger partial charge in [0.2, 0.25) is 0 Å². The van der Waals surface area contributed by atoms with Gasteiger partial charge < -0.3 is 0 Å². The average molecular weight is 203 g/mol. The fraction of sp³-hybridized carbons (Fsp3) is 0.143. The molecular weight excluding hydrogens is 198 g/mol. The Hall–Kier alpha value is -2.56. The summed E-state index contributed by atoms with van der Waals surface area (Å²) < 4.78 is 2.00. The van der Waals surface area contributed by atoms with E-state index in [1.165, 1.54) is 12.4 Å². The van der Waals surface area contributed by atoms with E-state index in [0.29, 0.717) is 5.69 Å². The first-order valence-corrected chi connectivity index (χ1v) is 3.97. The van der Waals surface area contributed by atoms with Crippen molar-refractivity contribution in [3.05, 3.63) is 23.8 Å². The highest BCUT2D eigenvalue weighted by atomic mass is 16.2. The molecule has 0 aliphatic carbocycles. The largest absolute Gasteiger partial charge is 0.372 e. The van der Waals surface area contributed by atoms with Crippen LogP contribution in [0.3, 0.4) is 0 Å². The Labute approximate surface area is 83.7 Å². The molecule has 0 spiro atoms. The van der Waals surface area contributed by atoms with Crippen molar-refractivity contribution < 1.29 is 4.79 Å². The van der Waals surface area contributed by atoms with Gasteiger partial charge in [-0.1, -0.05) is 10.4 Å². The van der Waals surface area contributed by atoms with Gasteiger partial charge in [-0.3, -0.25) is 0 Å². The third-order valence-electron chi connectivity index (χ3n) is 1.80. The summed E-state index contributed by atoms with van der Waals surface area (Å²) in [5.41, 5.74) is 0.487. The van der Waals surface area contributed by atoms with E-state index < -0.39 is 6.03 Å². The van der Waals surface area contributed by atoms with Crippen LogP contribution < -0.4 is 0 Å². The molecule has 2 aromatic rings. The summed E-state index contributed by atoms with van der Waals surface area (Å²) in [5.74, 6) is 0. The van der Waals surface area contributed by atoms with E-state index in [1.807, 2.05) is 6.07 Å². The number of carbonyl (C=O) groups is 1. The van der Waals surface area contributed by atoms with Gasteiger partial charge in [0.1, 0.15) is 6.07 Å². The zero-order valence-electron chi connectivity index (χ0n) is 7.69. The van der Waals surface area contributed by atoms with E-state index in [0.717, 1.165) is 9.36 Å². The maximum absolute atomic E-state index is 11.7. The molecule has 0 fully saturated rings. The maximum Gasteiger partial charge on any atom is 0.372 e. The molecule has 8 heteroatoms. The van der Waals surface area contributed by atoms with Crippen molar-refractivity contribution in [2.75, 3.05) is 0 Å². The molecule has 2 aromatic heterocycles. The summed E-state index contributed by atoms with van der Waals surface area (Å²) in [4.78, 5) is 11.7. The van der Waals surface area contributed by atoms with E-state index >= 15 is 0 Å². The van der Waals surface area contributed by atoms with Crippen molar-refractivity contribution in [2.24, 2.45) is 0 Å². The molecule has 0 aliphatic heterocycles. The van der Waals surface area contributed by atoms with E-state index in [-0.39, 0.29) is 5.69 Å². The molecule has 0 atom stereocenters. The van der Waals surface area contributed by atoms with E-state index in [9.17, 15) is 4.79 Å². The lowest BCUT2D eigenvalue weighted by Gasteiger charge is -1.98. The van der Waals surface area contributed by atoms with Crippen LogP contribution in [0.5, 0.6) is 0 Å². The van der Waals surface area contributed by atoms with Crippen LogP contribution in [0, 0.1) is 18.3 Å². The lowest BCUT2D eigenvalue weighted by Crippen LogP contribution is -2.22. The van der Waals surface area contributed by atoms with Crippen molar-refractivity contribution in [3.63, 3.8) is 0 Å². The van der Waals surface area contributed by atoms with Crippen LogP contribution in [-0.2, 0) is 0 Å². The van der Waals surface area contributed by atoms with Gasteiger partial charge in [-0.25, -0.2) is 4.79 Å². The number of nitriles is 1. The smallest absolute Gasteiger partial charge is 0.243 e. The molecule has 0 N–H and O–H groups in total. The van der Waals surface area contributed by atoms with Gasteiger partial charge in [0.05, 0.1) is 18.1 Å². The van der Waals surface area contributed by atoms with Crippen molar-refractivity contribution >= 4 is 6.03 Å². The van der Waals surface area contributed by atoms with Crippen LogP contribution in [0.1, 0.15) is 11.4 Å². The van der Waals surface area contributed by atoms with Crippen LogP contribution in [-0.4, -0.2) is 36.0 Å². The maximum atomic E-state index is 11.7. The van der Waals surface area contributed by atoms with Crippen LogP contribution in [0.2, 0.25) is 0 Å². The van der Waals surface area contributed by atoms with E-state index in [2.05, 4.69) is 20.6 Å². The highest BCUT2D eigenvalue weighted by Gasteiger charge is 2.16. The van der Waals surface area contributed by atoms with Gasteiger partial charge in [-0.15, -0.1) is 10.2 Å². The van der Waals surface area contributed by atoms with Crippen LogP contribution in [0.15, 0.2) is 12.4 Å². The summed E-state index contributed by atoms with van der Waals surface area (Å²) in [6.07, 6.45) is 2.75. The molecule has 0 aliphatic rings. The Balaban J connectivity index is 2.44. The Morgan fingerprint density at radius 3 is 2.87 bits per heavy atom. The number of aromatic nitrogens is 6. The highest BCUT2D eigenvalue weighted by Crippen LogP contribution is 2.02. The number of carbonyl (C=O) groups excluding carboxylic acids is 1. The minimum Gasteiger partial charge on any atom is -0.243 e. The van der Waals surface area contributed by atoms with Gasteiger partial charge in [-0.2, -0.15) is 14.6 Å². The first-order chi connectivity index (χ1) is 7.24. The molecule has 2 heterocycles. The molecule has 2 rings (SSSR count). The zero-order valence-corrected chi connectivity index (χ0v) is 7.69. The monoisotopic (exact) mass is 203 g/mol. The fourth-order valence-corrected chi connectivity index (χ4v) is 1.02. The Morgan fingerprint density at radius 2 is 2.33 bits per heavy atom. The molecule has 0 saturated heterocycles. The van der Waals surface area contributed by atoms with Crippen molar-refractivity contribution in [2.45, 2.75) is 6.92 Å². The summed E-state index contributed by atoms with van der Waals surface area (Å²) in [6.45, 7) is 1.58. The number of nitrogens with zero attached hydrogens (tertiary/aromatic N) is 7. The first kappa shape index (κ1) is 9.01. The van der Waals surface area contributed by atoms with E-state index in [1.54, 1.807) is 6.92 Å². The van der Waals surface area contributed by atoms with Gasteiger partial charge in [0.25, 0.3) is 0 Å². The molecule has 0 bridgehead atoms. The summed E-state index contributed by atoms with van der Waals surface area (Å²) in [6, 6.07) is 1.30. The third-order valence-corrected chi connectivity index (χ3v) is 1.80. The predicted octanol–water partition coefficient (Wildman–Crippen LogP) is -0.434. The standard InChI is InChI=1S/C7H5N7O/c1-5-6(4-8)10-12-14(5)7(15)13-3-2-9-11-13/h2-3H,1H3. The Morgan fingerprint density at radius 1 is 1.53 bits per heavy atom. The minimum atomic E-state index is -0.529. The molecule has 0 radical (unpaired) electrons. The summed E-state index contributed by atoms with van der Waals surface area (Å²) >= 11 is 0. The van der Waals surface area contributed by atoms with Crippen molar-refractivity contribution in [1.29, 1.82) is 5.26 Å². The topological polar surface area (TPSA) is 102 Å². The Bertz CT molecular complexity index is 532. The molecule has 74 valence electrons. The van der Waals surface area contributed by atoms with Crippen molar-refractivity contribution in [3.8, 4) is 6.07 Å². The summed E-state index contributed by atoms with van der Waals surface area (Å²) in [5, 5.41) is 22.7. The third kappa shape index (κ3) is 1.35. The minimum absolute atomic E-state index is 0.114. The fourth-order valence-electron chi connectivity index (χ4n) is 1.02. The quantitative estimate of drug-likeness (QED) is 0.575. The number of hydrogen-bond acceptors (Lipinski definition) is 6. The van der Waals surface area contributed by atoms with Gasteiger partial charge in [0.15, 0.2) is 5.69 Å². The zero-order chi connectivity index (χ0) is 10.8. The van der Waals surface area contributed by atoms with Gasteiger partial charge in [-0.05, 0) is 6.92 Å². The second-order valence-corrected chi connectivity index (χ2v) is 2.68. The molecule has 0 aromatic carbocycles. The second kappa shape index (κ2) is 3.30. The molecule has 0 amide bonds. The molecule has 0 unspecified atom stereocenters. The average Bonchev–Trinajstić information content (AvgIpc) is 2.85. The first-order valence-electron chi connectivity index (χ1n) is 3.97. The molecule has 0 saturated carbocycles. The SMILES string of the molecule is Cc1c(C#N)nnn1C(=O)n1ccnn1. The van der Waals surface area contributed by atoms with Gasteiger partial charge in [0, 0.05) is 0 Å². The summed E-state index contributed by atoms with van der Waals surface area (Å²) in [7, 11) is 0. The van der Waals surface area contributed by atoms with Crippen LogP contribution in [0.4, 0.5) is 4.79 Å². The number of rotatable bonds is 0. The highest BCUT2D eigenvalue weighted by molar-refractivity contribution is 5.78. The Kier molecular flexibility index (Phi) is 1.98. The number of hydrogen-bond donors (Lipinski definition) is 0. The lowest BCUT2D eigenvalue weighted by molar-refractivity contribution is 0.236. The van der Waals surface area contributed by atoms with Gasteiger partial charge >= 0.3 is 6.03 Å². The second-order valence-electron chi connectivity index (χ2n) is 2.68. The molecular formula is C7H5N7O. The van der Waals surface area contributed by atoms with Crippen LogP contribution >= 0.6 is 0 Å². The normalized spacial score (nSPS) is 9.87. The van der Waals surface area contributed by atoms with E-state index in [4.69, 9.17) is 5.26 Å². The predicted molar refractivity (Wildman–Crippen MR) is 45.7 cm³/mol.